The van der Waals surface area contributed by atoms with Crippen LogP contribution in [-0.2, 0) is 16.0 Å². The first-order valence-corrected chi connectivity index (χ1v) is 9.56. The first-order chi connectivity index (χ1) is 12.2. The Labute approximate surface area is 161 Å². The Bertz CT molecular complexity index is 673. The Morgan fingerprint density at radius 3 is 2.81 bits per heavy atom. The molecule has 1 aromatic rings. The molecule has 1 spiro atoms. The van der Waals surface area contributed by atoms with E-state index in [1.54, 1.807) is 0 Å². The van der Waals surface area contributed by atoms with Gasteiger partial charge in [0.05, 0.1) is 0 Å². The first-order valence-electron chi connectivity index (χ1n) is 9.56. The Hall–Kier alpha value is -1.59. The number of fused-ring (bicyclic) bond motifs is 1. The molecule has 2 aliphatic heterocycles. The van der Waals surface area contributed by atoms with Crippen LogP contribution in [0.15, 0.2) is 24.3 Å². The largest absolute Gasteiger partial charge is 0.356 e. The maximum absolute atomic E-state index is 12.4. The highest BCUT2D eigenvalue weighted by Crippen LogP contribution is 2.58. The lowest BCUT2D eigenvalue weighted by Gasteiger charge is -2.23. The molecule has 1 saturated heterocycles. The zero-order valence-electron chi connectivity index (χ0n) is 15.1. The van der Waals surface area contributed by atoms with E-state index >= 15 is 0 Å². The number of carbonyl (C=O) groups is 2. The molecule has 2 fully saturated rings. The van der Waals surface area contributed by atoms with Gasteiger partial charge in [-0.3, -0.25) is 9.59 Å². The van der Waals surface area contributed by atoms with E-state index in [1.165, 1.54) is 5.56 Å². The van der Waals surface area contributed by atoms with Crippen molar-refractivity contribution in [2.45, 2.75) is 38.5 Å². The molecule has 1 aliphatic carbocycles. The van der Waals surface area contributed by atoms with Gasteiger partial charge in [0.2, 0.25) is 11.8 Å². The van der Waals surface area contributed by atoms with Crippen molar-refractivity contribution in [3.63, 3.8) is 0 Å². The number of benzene rings is 1. The molecule has 6 heteroatoms. The minimum absolute atomic E-state index is 0. The number of nitrogens with zero attached hydrogens (tertiary/aromatic N) is 1. The molecule has 2 N–H and O–H groups in total. The summed E-state index contributed by atoms with van der Waals surface area (Å²) in [4.78, 5) is 26.7. The summed E-state index contributed by atoms with van der Waals surface area (Å²) in [5.74, 6) is 0.567. The van der Waals surface area contributed by atoms with Gasteiger partial charge in [0.15, 0.2) is 0 Å². The van der Waals surface area contributed by atoms with Gasteiger partial charge in [0, 0.05) is 31.1 Å². The van der Waals surface area contributed by atoms with Crippen LogP contribution in [0.4, 0.5) is 5.69 Å². The van der Waals surface area contributed by atoms with Crippen LogP contribution in [0.3, 0.4) is 0 Å². The van der Waals surface area contributed by atoms with E-state index in [4.69, 9.17) is 0 Å². The number of hydrogen-bond acceptors (Lipinski definition) is 3. The number of amides is 2. The average Bonchev–Trinajstić information content (AvgIpc) is 3.15. The number of para-hydroxylation sites is 1. The number of nitrogens with one attached hydrogen (secondary N) is 2. The van der Waals surface area contributed by atoms with E-state index in [0.717, 1.165) is 51.0 Å². The molecule has 0 radical (unpaired) electrons. The first kappa shape index (κ1) is 19.2. The van der Waals surface area contributed by atoms with Crippen LogP contribution in [0.25, 0.3) is 0 Å². The third kappa shape index (κ3) is 3.74. The molecule has 1 unspecified atom stereocenters. The van der Waals surface area contributed by atoms with Crippen LogP contribution < -0.4 is 15.5 Å². The monoisotopic (exact) mass is 377 g/mol. The molecule has 1 aromatic carbocycles. The summed E-state index contributed by atoms with van der Waals surface area (Å²) in [5, 5.41) is 6.42. The van der Waals surface area contributed by atoms with Crippen molar-refractivity contribution in [2.75, 3.05) is 31.1 Å². The minimum Gasteiger partial charge on any atom is -0.356 e. The second-order valence-electron chi connectivity index (χ2n) is 7.69. The van der Waals surface area contributed by atoms with Gasteiger partial charge in [-0.1, -0.05) is 18.2 Å². The van der Waals surface area contributed by atoms with Gasteiger partial charge < -0.3 is 15.5 Å². The van der Waals surface area contributed by atoms with Crippen LogP contribution in [0.1, 0.15) is 37.7 Å². The van der Waals surface area contributed by atoms with E-state index in [9.17, 15) is 9.59 Å². The second-order valence-corrected chi connectivity index (χ2v) is 7.69. The number of rotatable bonds is 5. The predicted molar refractivity (Wildman–Crippen MR) is 105 cm³/mol. The molecule has 5 nitrogen and oxygen atoms in total. The Balaban J connectivity index is 0.00000196. The van der Waals surface area contributed by atoms with E-state index in [-0.39, 0.29) is 35.6 Å². The van der Waals surface area contributed by atoms with Gasteiger partial charge >= 0.3 is 0 Å². The third-order valence-electron chi connectivity index (χ3n) is 6.16. The highest BCUT2D eigenvalue weighted by molar-refractivity contribution is 5.95. The van der Waals surface area contributed by atoms with Crippen LogP contribution in [-0.4, -0.2) is 38.0 Å². The molecule has 1 atom stereocenters. The minimum atomic E-state index is 0. The summed E-state index contributed by atoms with van der Waals surface area (Å²) >= 11 is 0. The highest BCUT2D eigenvalue weighted by Gasteiger charge is 2.57. The van der Waals surface area contributed by atoms with Crippen molar-refractivity contribution in [1.29, 1.82) is 0 Å². The molecule has 0 aromatic heterocycles. The molecular weight excluding hydrogens is 350 g/mol. The maximum atomic E-state index is 12.4. The fourth-order valence-electron chi connectivity index (χ4n) is 4.50. The smallest absolute Gasteiger partial charge is 0.227 e. The number of carbonyl (C=O) groups excluding carboxylic acids is 2. The summed E-state index contributed by atoms with van der Waals surface area (Å²) < 4.78 is 0. The SMILES string of the molecule is Cl.O=C(NCCCC(=O)N1CCc2ccccc21)C1CC12CCNCC2. The Morgan fingerprint density at radius 1 is 1.23 bits per heavy atom. The lowest BCUT2D eigenvalue weighted by molar-refractivity contribution is -0.123. The Morgan fingerprint density at radius 2 is 2.00 bits per heavy atom. The van der Waals surface area contributed by atoms with Crippen molar-refractivity contribution in [2.24, 2.45) is 11.3 Å². The van der Waals surface area contributed by atoms with Gasteiger partial charge in [-0.25, -0.2) is 0 Å². The number of anilines is 1. The zero-order chi connectivity index (χ0) is 17.3. The predicted octanol–water partition coefficient (Wildman–Crippen LogP) is 2.28. The molecule has 26 heavy (non-hydrogen) atoms. The van der Waals surface area contributed by atoms with E-state index in [0.29, 0.717) is 19.4 Å². The summed E-state index contributed by atoms with van der Waals surface area (Å²) in [6, 6.07) is 8.12. The van der Waals surface area contributed by atoms with E-state index in [1.807, 2.05) is 23.1 Å². The number of piperidine rings is 1. The molecule has 2 heterocycles. The standard InChI is InChI=1S/C20H27N3O2.ClH/c24-18(23-13-7-15-4-1-2-5-17(15)23)6-3-10-22-19(25)16-14-20(16)8-11-21-12-9-20;/h1-2,4-5,16,21H,3,6-14H2,(H,22,25);1H. The van der Waals surface area contributed by atoms with Crippen LogP contribution in [0.5, 0.6) is 0 Å². The third-order valence-corrected chi connectivity index (χ3v) is 6.16. The summed E-state index contributed by atoms with van der Waals surface area (Å²) in [7, 11) is 0. The number of halogens is 1. The second kappa shape index (κ2) is 7.97. The van der Waals surface area contributed by atoms with E-state index in [2.05, 4.69) is 16.7 Å². The normalized spacial score (nSPS) is 22.5. The summed E-state index contributed by atoms with van der Waals surface area (Å²) in [6.45, 7) is 3.46. The molecule has 4 rings (SSSR count). The summed E-state index contributed by atoms with van der Waals surface area (Å²) in [6.07, 6.45) is 5.44. The maximum Gasteiger partial charge on any atom is 0.227 e. The van der Waals surface area contributed by atoms with Gasteiger partial charge in [-0.2, -0.15) is 0 Å². The number of hydrogen-bond donors (Lipinski definition) is 2. The molecular formula is C20H28ClN3O2. The van der Waals surface area contributed by atoms with Crippen molar-refractivity contribution >= 4 is 29.9 Å². The lowest BCUT2D eigenvalue weighted by atomic mass is 9.92. The molecule has 142 valence electrons. The Kier molecular flexibility index (Phi) is 5.88. The topological polar surface area (TPSA) is 61.4 Å². The molecule has 0 bridgehead atoms. The summed E-state index contributed by atoms with van der Waals surface area (Å²) in [5.41, 5.74) is 2.59. The van der Waals surface area contributed by atoms with Crippen LogP contribution >= 0.6 is 12.4 Å². The average molecular weight is 378 g/mol. The van der Waals surface area contributed by atoms with Crippen LogP contribution in [0, 0.1) is 11.3 Å². The van der Waals surface area contributed by atoms with Crippen molar-refractivity contribution < 1.29 is 9.59 Å². The molecule has 2 amide bonds. The van der Waals surface area contributed by atoms with Gasteiger partial charge in [-0.15, -0.1) is 12.4 Å². The molecule has 3 aliphatic rings. The van der Waals surface area contributed by atoms with Crippen LogP contribution in [0.2, 0.25) is 0 Å². The van der Waals surface area contributed by atoms with Crippen molar-refractivity contribution in [3.8, 4) is 0 Å². The highest BCUT2D eigenvalue weighted by atomic mass is 35.5. The lowest BCUT2D eigenvalue weighted by Crippen LogP contribution is -2.34. The van der Waals surface area contributed by atoms with Gasteiger partial charge in [0.1, 0.15) is 0 Å². The van der Waals surface area contributed by atoms with Crippen molar-refractivity contribution in [1.82, 2.24) is 10.6 Å². The van der Waals surface area contributed by atoms with Gasteiger partial charge in [-0.05, 0) is 62.2 Å². The fraction of sp³-hybridized carbons (Fsp3) is 0.600. The van der Waals surface area contributed by atoms with Crippen molar-refractivity contribution in [3.05, 3.63) is 29.8 Å². The fourth-order valence-corrected chi connectivity index (χ4v) is 4.50. The molecule has 1 saturated carbocycles. The van der Waals surface area contributed by atoms with E-state index < -0.39 is 0 Å². The zero-order valence-corrected chi connectivity index (χ0v) is 15.9. The quantitative estimate of drug-likeness (QED) is 0.774. The van der Waals surface area contributed by atoms with Gasteiger partial charge in [0.25, 0.3) is 0 Å².